The van der Waals surface area contributed by atoms with E-state index >= 15 is 0 Å². The molecule has 0 spiro atoms. The van der Waals surface area contributed by atoms with Gasteiger partial charge in [0.25, 0.3) is 0 Å². The summed E-state index contributed by atoms with van der Waals surface area (Å²) >= 11 is 1.63. The molecule has 0 bridgehead atoms. The second-order valence-corrected chi connectivity index (χ2v) is 7.18. The molecule has 25 heavy (non-hydrogen) atoms. The van der Waals surface area contributed by atoms with Gasteiger partial charge in [0.05, 0.1) is 10.7 Å². The van der Waals surface area contributed by atoms with Gasteiger partial charge >= 0.3 is 0 Å². The van der Waals surface area contributed by atoms with Gasteiger partial charge in [-0.2, -0.15) is 10.2 Å². The molecule has 1 aromatic carbocycles. The molecule has 1 aliphatic rings. The summed E-state index contributed by atoms with van der Waals surface area (Å²) < 4.78 is 0. The first-order valence-electron chi connectivity index (χ1n) is 8.26. The zero-order valence-electron chi connectivity index (χ0n) is 14.2. The van der Waals surface area contributed by atoms with E-state index < -0.39 is 5.66 Å². The van der Waals surface area contributed by atoms with Crippen molar-refractivity contribution in [3.63, 3.8) is 0 Å². The summed E-state index contributed by atoms with van der Waals surface area (Å²) in [6.07, 6.45) is 7.66. The predicted molar refractivity (Wildman–Crippen MR) is 99.0 cm³/mol. The number of hydrogen-bond donors (Lipinski definition) is 1. The Balaban J connectivity index is 1.48. The van der Waals surface area contributed by atoms with Crippen molar-refractivity contribution in [1.29, 1.82) is 0 Å². The molecule has 0 fully saturated rings. The lowest BCUT2D eigenvalue weighted by atomic mass is 10.0. The van der Waals surface area contributed by atoms with Gasteiger partial charge in [-0.05, 0) is 18.6 Å². The lowest BCUT2D eigenvalue weighted by Crippen LogP contribution is -2.24. The van der Waals surface area contributed by atoms with Crippen LogP contribution in [0.5, 0.6) is 0 Å². The fourth-order valence-corrected chi connectivity index (χ4v) is 3.23. The van der Waals surface area contributed by atoms with Crippen LogP contribution in [0.15, 0.2) is 39.9 Å². The van der Waals surface area contributed by atoms with Crippen molar-refractivity contribution < 1.29 is 4.79 Å². The molecule has 1 amide bonds. The Kier molecular flexibility index (Phi) is 5.25. The topological polar surface area (TPSA) is 66.7 Å². The van der Waals surface area contributed by atoms with E-state index in [0.29, 0.717) is 25.8 Å². The van der Waals surface area contributed by atoms with Gasteiger partial charge in [0, 0.05) is 43.2 Å². The van der Waals surface area contributed by atoms with Crippen LogP contribution in [0, 0.1) is 19.3 Å². The number of rotatable bonds is 8. The summed E-state index contributed by atoms with van der Waals surface area (Å²) in [6, 6.07) is 8.09. The Labute approximate surface area is 151 Å². The standard InChI is InChI=1S/C19H20N4OS/c1-3-4-9-19(22-23-19)10-8-18(24)20-12-15-6-5-7-16(11-15)17-13-25-14(2)21-17/h1,5-7,11,13H,4,8-10,12H2,2H3,(H,20,24). The SMILES string of the molecule is C#CCCC1(CCC(=O)NCc2cccc(-c3csc(C)n3)c2)N=N1. The number of benzene rings is 1. The Morgan fingerprint density at radius 1 is 1.36 bits per heavy atom. The molecule has 1 N–H and O–H groups in total. The number of terminal acetylenes is 1. The highest BCUT2D eigenvalue weighted by atomic mass is 32.1. The van der Waals surface area contributed by atoms with Crippen molar-refractivity contribution >= 4 is 17.2 Å². The van der Waals surface area contributed by atoms with Gasteiger partial charge in [-0.15, -0.1) is 23.7 Å². The molecule has 3 rings (SSSR count). The van der Waals surface area contributed by atoms with Gasteiger partial charge < -0.3 is 5.32 Å². The van der Waals surface area contributed by atoms with Crippen LogP contribution >= 0.6 is 11.3 Å². The zero-order chi connectivity index (χ0) is 17.7. The molecule has 0 radical (unpaired) electrons. The third-order valence-electron chi connectivity index (χ3n) is 4.14. The van der Waals surface area contributed by atoms with Crippen LogP contribution in [0.25, 0.3) is 11.3 Å². The normalized spacial score (nSPS) is 14.1. The molecule has 5 nitrogen and oxygen atoms in total. The summed E-state index contributed by atoms with van der Waals surface area (Å²) in [5.41, 5.74) is 2.70. The second-order valence-electron chi connectivity index (χ2n) is 6.12. The third kappa shape index (κ3) is 4.74. The van der Waals surface area contributed by atoms with Crippen LogP contribution in [0.4, 0.5) is 0 Å². The molecule has 2 aromatic rings. The van der Waals surface area contributed by atoms with Crippen LogP contribution in [0.2, 0.25) is 0 Å². The van der Waals surface area contributed by atoms with Crippen LogP contribution < -0.4 is 5.32 Å². The number of aryl methyl sites for hydroxylation is 1. The predicted octanol–water partition coefficient (Wildman–Crippen LogP) is 4.09. The molecule has 0 saturated heterocycles. The van der Waals surface area contributed by atoms with Gasteiger partial charge in [-0.1, -0.05) is 18.2 Å². The summed E-state index contributed by atoms with van der Waals surface area (Å²) in [5, 5.41) is 14.2. The van der Waals surface area contributed by atoms with Crippen molar-refractivity contribution in [2.45, 2.75) is 44.8 Å². The van der Waals surface area contributed by atoms with Gasteiger partial charge in [-0.25, -0.2) is 4.98 Å². The molecule has 0 aliphatic carbocycles. The molecule has 128 valence electrons. The maximum atomic E-state index is 12.1. The number of carbonyl (C=O) groups excluding carboxylic acids is 1. The number of amides is 1. The highest BCUT2D eigenvalue weighted by molar-refractivity contribution is 7.09. The minimum absolute atomic E-state index is 0.00675. The molecule has 0 atom stereocenters. The number of hydrogen-bond acceptors (Lipinski definition) is 5. The Morgan fingerprint density at radius 3 is 2.88 bits per heavy atom. The maximum Gasteiger partial charge on any atom is 0.220 e. The maximum absolute atomic E-state index is 12.1. The number of carbonyl (C=O) groups is 1. The second kappa shape index (κ2) is 7.58. The van der Waals surface area contributed by atoms with E-state index in [1.807, 2.05) is 30.5 Å². The van der Waals surface area contributed by atoms with E-state index in [1.54, 1.807) is 11.3 Å². The van der Waals surface area contributed by atoms with E-state index in [2.05, 4.69) is 32.5 Å². The Morgan fingerprint density at radius 2 is 2.20 bits per heavy atom. The van der Waals surface area contributed by atoms with Crippen LogP contribution in [-0.2, 0) is 11.3 Å². The van der Waals surface area contributed by atoms with Gasteiger partial charge in [0.1, 0.15) is 0 Å². The summed E-state index contributed by atoms with van der Waals surface area (Å²) in [7, 11) is 0. The van der Waals surface area contributed by atoms with Gasteiger partial charge in [-0.3, -0.25) is 4.79 Å². The number of nitrogens with one attached hydrogen (secondary N) is 1. The first-order chi connectivity index (χ1) is 12.1. The number of thiazole rings is 1. The van der Waals surface area contributed by atoms with Gasteiger partial charge in [0.15, 0.2) is 5.66 Å². The quantitative estimate of drug-likeness (QED) is 0.727. The first kappa shape index (κ1) is 17.3. The van der Waals surface area contributed by atoms with Crippen molar-refractivity contribution in [1.82, 2.24) is 10.3 Å². The zero-order valence-corrected chi connectivity index (χ0v) is 15.0. The van der Waals surface area contributed by atoms with Gasteiger partial charge in [0.2, 0.25) is 5.91 Å². The molecule has 0 unspecified atom stereocenters. The van der Waals surface area contributed by atoms with Crippen LogP contribution in [0.3, 0.4) is 0 Å². The molecule has 2 heterocycles. The molecule has 6 heteroatoms. The highest BCUT2D eigenvalue weighted by Crippen LogP contribution is 2.37. The van der Waals surface area contributed by atoms with E-state index in [1.165, 1.54) is 0 Å². The fourth-order valence-electron chi connectivity index (χ4n) is 2.61. The van der Waals surface area contributed by atoms with E-state index in [-0.39, 0.29) is 5.91 Å². The summed E-state index contributed by atoms with van der Waals surface area (Å²) in [6.45, 7) is 2.49. The van der Waals surface area contributed by atoms with Crippen molar-refractivity contribution in [3.05, 3.63) is 40.2 Å². The third-order valence-corrected chi connectivity index (χ3v) is 4.91. The van der Waals surface area contributed by atoms with Crippen LogP contribution in [-0.4, -0.2) is 16.6 Å². The minimum atomic E-state index is -0.397. The fraction of sp³-hybridized carbons (Fsp3) is 0.368. The van der Waals surface area contributed by atoms with E-state index in [0.717, 1.165) is 28.2 Å². The molecule has 1 aliphatic heterocycles. The van der Waals surface area contributed by atoms with E-state index in [9.17, 15) is 4.79 Å². The monoisotopic (exact) mass is 352 g/mol. The average Bonchev–Trinajstić information content (AvgIpc) is 3.27. The minimum Gasteiger partial charge on any atom is -0.352 e. The molecule has 1 aromatic heterocycles. The highest BCUT2D eigenvalue weighted by Gasteiger charge is 2.39. The van der Waals surface area contributed by atoms with Crippen molar-refractivity contribution in [3.8, 4) is 23.6 Å². The smallest absolute Gasteiger partial charge is 0.220 e. The Hall–Kier alpha value is -2.52. The summed E-state index contributed by atoms with van der Waals surface area (Å²) in [5.74, 6) is 2.60. The molecular weight excluding hydrogens is 332 g/mol. The lowest BCUT2D eigenvalue weighted by molar-refractivity contribution is -0.121. The van der Waals surface area contributed by atoms with E-state index in [4.69, 9.17) is 6.42 Å². The van der Waals surface area contributed by atoms with Crippen molar-refractivity contribution in [2.75, 3.05) is 0 Å². The lowest BCUT2D eigenvalue weighted by Gasteiger charge is -2.09. The number of nitrogens with zero attached hydrogens (tertiary/aromatic N) is 3. The van der Waals surface area contributed by atoms with Crippen LogP contribution in [0.1, 0.15) is 36.3 Å². The Bertz CT molecular complexity index is 828. The first-order valence-corrected chi connectivity index (χ1v) is 9.14. The van der Waals surface area contributed by atoms with Crippen molar-refractivity contribution in [2.24, 2.45) is 10.2 Å². The summed E-state index contributed by atoms with van der Waals surface area (Å²) in [4.78, 5) is 16.6. The molecular formula is C19H20N4OS. The molecule has 0 saturated carbocycles. The average molecular weight is 352 g/mol. The number of aromatic nitrogens is 1. The largest absolute Gasteiger partial charge is 0.352 e.